The van der Waals surface area contributed by atoms with Crippen LogP contribution >= 0.6 is 11.8 Å². The van der Waals surface area contributed by atoms with Crippen LogP contribution in [0.5, 0.6) is 0 Å². The number of thioether (sulfide) groups is 1. The highest BCUT2D eigenvalue weighted by Crippen LogP contribution is 2.35. The molecule has 124 valence electrons. The first-order valence-electron chi connectivity index (χ1n) is 8.36. The SMILES string of the molecule is CC1CCCCC1N(C)C(=O)CN1C(=O)CSc2ccccc21. The summed E-state index contributed by atoms with van der Waals surface area (Å²) in [7, 11) is 1.89. The lowest BCUT2D eigenvalue weighted by Gasteiger charge is -2.38. The Morgan fingerprint density at radius 2 is 2.04 bits per heavy atom. The number of benzene rings is 1. The topological polar surface area (TPSA) is 40.6 Å². The van der Waals surface area contributed by atoms with Gasteiger partial charge in [-0.1, -0.05) is 31.9 Å². The van der Waals surface area contributed by atoms with Crippen molar-refractivity contribution in [1.29, 1.82) is 0 Å². The molecule has 0 saturated heterocycles. The number of hydrogen-bond donors (Lipinski definition) is 0. The van der Waals surface area contributed by atoms with E-state index in [4.69, 9.17) is 0 Å². The van der Waals surface area contributed by atoms with Gasteiger partial charge in [0.25, 0.3) is 0 Å². The van der Waals surface area contributed by atoms with Crippen molar-refractivity contribution in [1.82, 2.24) is 4.90 Å². The van der Waals surface area contributed by atoms with E-state index in [1.54, 1.807) is 16.7 Å². The van der Waals surface area contributed by atoms with Gasteiger partial charge in [0.1, 0.15) is 6.54 Å². The van der Waals surface area contributed by atoms with Crippen LogP contribution in [0.4, 0.5) is 5.69 Å². The average molecular weight is 332 g/mol. The predicted molar refractivity (Wildman–Crippen MR) is 93.7 cm³/mol. The first-order valence-corrected chi connectivity index (χ1v) is 9.34. The van der Waals surface area contributed by atoms with Gasteiger partial charge in [-0.2, -0.15) is 0 Å². The Hall–Kier alpha value is -1.49. The molecule has 3 rings (SSSR count). The Morgan fingerprint density at radius 3 is 2.83 bits per heavy atom. The molecule has 1 aliphatic carbocycles. The van der Waals surface area contributed by atoms with Gasteiger partial charge < -0.3 is 9.80 Å². The van der Waals surface area contributed by atoms with E-state index in [1.165, 1.54) is 19.3 Å². The summed E-state index contributed by atoms with van der Waals surface area (Å²) in [5, 5.41) is 0. The molecule has 0 bridgehead atoms. The zero-order valence-electron chi connectivity index (χ0n) is 13.8. The minimum absolute atomic E-state index is 0.0205. The summed E-state index contributed by atoms with van der Waals surface area (Å²) in [6, 6.07) is 8.13. The number of likely N-dealkylation sites (N-methyl/N-ethyl adjacent to an activating group) is 1. The summed E-state index contributed by atoms with van der Waals surface area (Å²) in [6.07, 6.45) is 4.71. The molecular formula is C18H24N2O2S. The molecule has 2 aliphatic rings. The van der Waals surface area contributed by atoms with Gasteiger partial charge in [-0.15, -0.1) is 11.8 Å². The summed E-state index contributed by atoms with van der Waals surface area (Å²) in [5.41, 5.74) is 0.868. The second-order valence-corrected chi connectivity index (χ2v) is 7.59. The molecular weight excluding hydrogens is 308 g/mol. The molecule has 1 heterocycles. The van der Waals surface area contributed by atoms with Crippen LogP contribution in [-0.4, -0.2) is 42.1 Å². The predicted octanol–water partition coefficient (Wildman–Crippen LogP) is 3.16. The molecule has 1 fully saturated rings. The third-order valence-electron chi connectivity index (χ3n) is 5.06. The van der Waals surface area contributed by atoms with Crippen molar-refractivity contribution in [2.75, 3.05) is 24.2 Å². The third-order valence-corrected chi connectivity index (χ3v) is 6.11. The van der Waals surface area contributed by atoms with Gasteiger partial charge >= 0.3 is 0 Å². The van der Waals surface area contributed by atoms with E-state index in [-0.39, 0.29) is 18.4 Å². The fourth-order valence-corrected chi connectivity index (χ4v) is 4.57. The van der Waals surface area contributed by atoms with Gasteiger partial charge in [-0.05, 0) is 30.9 Å². The molecule has 0 radical (unpaired) electrons. The maximum Gasteiger partial charge on any atom is 0.242 e. The molecule has 2 amide bonds. The van der Waals surface area contributed by atoms with Crippen LogP contribution < -0.4 is 4.90 Å². The molecule has 23 heavy (non-hydrogen) atoms. The number of hydrogen-bond acceptors (Lipinski definition) is 3. The molecule has 5 heteroatoms. The molecule has 2 unspecified atom stereocenters. The fourth-order valence-electron chi connectivity index (χ4n) is 3.63. The lowest BCUT2D eigenvalue weighted by Crippen LogP contribution is -2.49. The van der Waals surface area contributed by atoms with E-state index in [0.29, 0.717) is 17.7 Å². The number of anilines is 1. The Labute approximate surface area is 142 Å². The zero-order valence-corrected chi connectivity index (χ0v) is 14.6. The van der Waals surface area contributed by atoms with Gasteiger partial charge in [0.15, 0.2) is 0 Å². The maximum absolute atomic E-state index is 12.7. The molecule has 0 spiro atoms. The first-order chi connectivity index (χ1) is 11.1. The van der Waals surface area contributed by atoms with Crippen molar-refractivity contribution in [2.45, 2.75) is 43.5 Å². The van der Waals surface area contributed by atoms with Gasteiger partial charge in [-0.25, -0.2) is 0 Å². The van der Waals surface area contributed by atoms with E-state index in [1.807, 2.05) is 36.2 Å². The van der Waals surface area contributed by atoms with Crippen molar-refractivity contribution in [2.24, 2.45) is 5.92 Å². The summed E-state index contributed by atoms with van der Waals surface area (Å²) >= 11 is 1.55. The lowest BCUT2D eigenvalue weighted by atomic mass is 9.85. The molecule has 2 atom stereocenters. The number of fused-ring (bicyclic) bond motifs is 1. The van der Waals surface area contributed by atoms with Crippen LogP contribution in [0, 0.1) is 5.92 Å². The summed E-state index contributed by atoms with van der Waals surface area (Å²) in [5.74, 6) is 1.01. The molecule has 1 aliphatic heterocycles. The summed E-state index contributed by atoms with van der Waals surface area (Å²) < 4.78 is 0. The second-order valence-electron chi connectivity index (χ2n) is 6.57. The standard InChI is InChI=1S/C18H24N2O2S/c1-13-7-3-4-8-14(13)19(2)17(21)11-20-15-9-5-6-10-16(15)23-12-18(20)22/h5-6,9-10,13-14H,3-4,7-8,11-12H2,1-2H3. The molecule has 1 aromatic rings. The molecule has 0 aromatic heterocycles. The average Bonchev–Trinajstić information content (AvgIpc) is 2.57. The van der Waals surface area contributed by atoms with E-state index in [9.17, 15) is 9.59 Å². The smallest absolute Gasteiger partial charge is 0.242 e. The van der Waals surface area contributed by atoms with Crippen molar-refractivity contribution >= 4 is 29.3 Å². The normalized spacial score (nSPS) is 24.3. The second kappa shape index (κ2) is 6.95. The number of carbonyl (C=O) groups is 2. The molecule has 4 nitrogen and oxygen atoms in total. The number of amides is 2. The van der Waals surface area contributed by atoms with Crippen LogP contribution in [0.25, 0.3) is 0 Å². The number of para-hydroxylation sites is 1. The fraction of sp³-hybridized carbons (Fsp3) is 0.556. The zero-order chi connectivity index (χ0) is 16.4. The minimum Gasteiger partial charge on any atom is -0.341 e. The Bertz CT molecular complexity index is 604. The highest BCUT2D eigenvalue weighted by atomic mass is 32.2. The van der Waals surface area contributed by atoms with E-state index >= 15 is 0 Å². The van der Waals surface area contributed by atoms with Crippen molar-refractivity contribution in [3.63, 3.8) is 0 Å². The Morgan fingerprint density at radius 1 is 1.30 bits per heavy atom. The molecule has 1 aromatic carbocycles. The first kappa shape index (κ1) is 16.4. The van der Waals surface area contributed by atoms with Crippen LogP contribution in [0.15, 0.2) is 29.2 Å². The third kappa shape index (κ3) is 3.39. The van der Waals surface area contributed by atoms with Crippen molar-refractivity contribution < 1.29 is 9.59 Å². The Balaban J connectivity index is 1.73. The van der Waals surface area contributed by atoms with Gasteiger partial charge in [0, 0.05) is 18.0 Å². The van der Waals surface area contributed by atoms with Crippen molar-refractivity contribution in [3.05, 3.63) is 24.3 Å². The minimum atomic E-state index is 0.0205. The summed E-state index contributed by atoms with van der Waals surface area (Å²) in [6.45, 7) is 2.38. The lowest BCUT2D eigenvalue weighted by molar-refractivity contribution is -0.133. The van der Waals surface area contributed by atoms with Gasteiger partial charge in [0.2, 0.25) is 11.8 Å². The summed E-state index contributed by atoms with van der Waals surface area (Å²) in [4.78, 5) is 29.6. The van der Waals surface area contributed by atoms with Crippen LogP contribution in [0.3, 0.4) is 0 Å². The highest BCUT2D eigenvalue weighted by Gasteiger charge is 2.31. The Kier molecular flexibility index (Phi) is 4.95. The van der Waals surface area contributed by atoms with E-state index in [0.717, 1.165) is 17.0 Å². The van der Waals surface area contributed by atoms with Crippen LogP contribution in [-0.2, 0) is 9.59 Å². The van der Waals surface area contributed by atoms with Crippen LogP contribution in [0.2, 0.25) is 0 Å². The maximum atomic E-state index is 12.7. The van der Waals surface area contributed by atoms with Gasteiger partial charge in [-0.3, -0.25) is 9.59 Å². The largest absolute Gasteiger partial charge is 0.341 e. The molecule has 0 N–H and O–H groups in total. The monoisotopic (exact) mass is 332 g/mol. The number of rotatable bonds is 3. The van der Waals surface area contributed by atoms with Crippen molar-refractivity contribution in [3.8, 4) is 0 Å². The quantitative estimate of drug-likeness (QED) is 0.854. The van der Waals surface area contributed by atoms with Gasteiger partial charge in [0.05, 0.1) is 11.4 Å². The number of carbonyl (C=O) groups excluding carboxylic acids is 2. The highest BCUT2D eigenvalue weighted by molar-refractivity contribution is 8.00. The molecule has 1 saturated carbocycles. The van der Waals surface area contributed by atoms with E-state index in [2.05, 4.69) is 6.92 Å². The number of nitrogens with zero attached hydrogens (tertiary/aromatic N) is 2. The van der Waals surface area contributed by atoms with E-state index < -0.39 is 0 Å². The van der Waals surface area contributed by atoms with Crippen LogP contribution in [0.1, 0.15) is 32.6 Å².